The highest BCUT2D eigenvalue weighted by atomic mass is 16.3. The third-order valence-corrected chi connectivity index (χ3v) is 10.1. The molecule has 2 aromatic rings. The second kappa shape index (κ2) is 15.4. The van der Waals surface area contributed by atoms with Crippen molar-refractivity contribution in [1.82, 2.24) is 4.90 Å². The number of hydrogen-bond acceptors (Lipinski definition) is 3. The number of fused-ring (bicyclic) bond motifs is 2. The Morgan fingerprint density at radius 2 is 1.67 bits per heavy atom. The van der Waals surface area contributed by atoms with Crippen LogP contribution in [0.1, 0.15) is 122 Å². The molecule has 3 heteroatoms. The lowest BCUT2D eigenvalue weighted by Crippen LogP contribution is -2.28. The first-order valence-electron chi connectivity index (χ1n) is 17.4. The quantitative estimate of drug-likeness (QED) is 0.296. The highest BCUT2D eigenvalue weighted by Crippen LogP contribution is 2.58. The number of carbonyl (C=O) groups excluding carboxylic acids is 1. The third kappa shape index (κ3) is 7.57. The fraction of sp³-hybridized carbons (Fsp3) is 0.615. The number of allylic oxidation sites excluding steroid dienone is 5. The normalized spacial score (nSPS) is 27.3. The van der Waals surface area contributed by atoms with E-state index in [1.807, 2.05) is 34.6 Å². The van der Waals surface area contributed by atoms with Gasteiger partial charge in [0, 0.05) is 17.4 Å². The molecule has 0 bridgehead atoms. The van der Waals surface area contributed by atoms with E-state index in [9.17, 15) is 4.79 Å². The summed E-state index contributed by atoms with van der Waals surface area (Å²) in [5.41, 5.74) is 4.07. The van der Waals surface area contributed by atoms with Crippen molar-refractivity contribution in [3.63, 3.8) is 0 Å². The Bertz CT molecular complexity index is 1250. The van der Waals surface area contributed by atoms with Crippen molar-refractivity contribution in [3.8, 4) is 0 Å². The summed E-state index contributed by atoms with van der Waals surface area (Å²) in [4.78, 5) is 16.0. The molecule has 2 saturated carbocycles. The summed E-state index contributed by atoms with van der Waals surface area (Å²) >= 11 is 0. The summed E-state index contributed by atoms with van der Waals surface area (Å²) in [5.74, 6) is 3.33. The largest absolute Gasteiger partial charge is 0.459 e. The van der Waals surface area contributed by atoms with Crippen molar-refractivity contribution in [2.75, 3.05) is 19.6 Å². The summed E-state index contributed by atoms with van der Waals surface area (Å²) in [6.45, 7) is 16.0. The molecule has 0 amide bonds. The Balaban J connectivity index is 0.000000972. The first kappa shape index (κ1) is 32.5. The van der Waals surface area contributed by atoms with Gasteiger partial charge >= 0.3 is 0 Å². The zero-order valence-corrected chi connectivity index (χ0v) is 27.5. The van der Waals surface area contributed by atoms with Gasteiger partial charge in [-0.2, -0.15) is 0 Å². The Morgan fingerprint density at radius 1 is 0.976 bits per heavy atom. The lowest BCUT2D eigenvalue weighted by Gasteiger charge is -2.30. The van der Waals surface area contributed by atoms with Crippen LogP contribution in [0.2, 0.25) is 0 Å². The van der Waals surface area contributed by atoms with Gasteiger partial charge in [0.25, 0.3) is 0 Å². The number of aryl methyl sites for hydroxylation is 1. The molecule has 3 fully saturated rings. The molecule has 4 aliphatic rings. The molecule has 0 radical (unpaired) electrons. The highest BCUT2D eigenvalue weighted by Gasteiger charge is 2.55. The van der Waals surface area contributed by atoms with Gasteiger partial charge in [0.2, 0.25) is 0 Å². The van der Waals surface area contributed by atoms with Gasteiger partial charge in [-0.25, -0.2) is 0 Å². The standard InChI is InChI=1S/C35H45NO2.2C2H6/c1-25-10-15-29-23-33(35-17-6-5-9-30(35)24-35)38-34(29)31(25)21-26(2)32(37)22-28-13-11-27(12-14-28)16-20-36-18-7-3-4-8-19-36;2*1-2/h5-6,9-10,15,17,21,23,27-28,30H,3-4,7-8,11-14,16,18-20,22,24H2,1-2H3;2*1-2H3/b26-21+;;. The van der Waals surface area contributed by atoms with E-state index in [4.69, 9.17) is 4.42 Å². The molecular formula is C39H57NO2. The van der Waals surface area contributed by atoms with E-state index >= 15 is 0 Å². The minimum Gasteiger partial charge on any atom is -0.459 e. The number of benzene rings is 1. The minimum atomic E-state index is 0.0411. The summed E-state index contributed by atoms with van der Waals surface area (Å²) in [5, 5.41) is 1.14. The van der Waals surface area contributed by atoms with Crippen LogP contribution in [0, 0.1) is 24.7 Å². The average Bonchev–Trinajstić information content (AvgIpc) is 3.71. The van der Waals surface area contributed by atoms with Crippen LogP contribution in [-0.4, -0.2) is 30.3 Å². The number of furan rings is 1. The first-order valence-corrected chi connectivity index (χ1v) is 17.4. The summed E-state index contributed by atoms with van der Waals surface area (Å²) < 4.78 is 6.54. The molecule has 1 aliphatic heterocycles. The van der Waals surface area contributed by atoms with Crippen molar-refractivity contribution in [3.05, 3.63) is 65.0 Å². The molecule has 2 atom stereocenters. The van der Waals surface area contributed by atoms with Crippen molar-refractivity contribution < 1.29 is 9.21 Å². The van der Waals surface area contributed by atoms with Crippen LogP contribution in [0.4, 0.5) is 0 Å². The van der Waals surface area contributed by atoms with Crippen molar-refractivity contribution in [2.45, 2.75) is 118 Å². The molecule has 0 N–H and O–H groups in total. The number of Topliss-reactive ketones (excluding diaryl/α,β-unsaturated/α-hetero) is 1. The van der Waals surface area contributed by atoms with Crippen molar-refractivity contribution in [2.24, 2.45) is 17.8 Å². The number of nitrogens with zero attached hydrogens (tertiary/aromatic N) is 1. The number of carbonyl (C=O) groups is 1. The van der Waals surface area contributed by atoms with E-state index in [0.29, 0.717) is 24.0 Å². The Kier molecular flexibility index (Phi) is 11.9. The Labute approximate surface area is 256 Å². The van der Waals surface area contributed by atoms with Gasteiger partial charge < -0.3 is 9.32 Å². The van der Waals surface area contributed by atoms with Gasteiger partial charge in [0.05, 0.1) is 5.41 Å². The van der Waals surface area contributed by atoms with E-state index in [1.165, 1.54) is 83.0 Å². The number of hydrogen-bond donors (Lipinski definition) is 0. The van der Waals surface area contributed by atoms with Crippen LogP contribution in [0.3, 0.4) is 0 Å². The molecule has 1 saturated heterocycles. The monoisotopic (exact) mass is 571 g/mol. The zero-order valence-electron chi connectivity index (χ0n) is 27.5. The van der Waals surface area contributed by atoms with Gasteiger partial charge in [0.1, 0.15) is 11.3 Å². The van der Waals surface area contributed by atoms with Gasteiger partial charge in [-0.1, -0.05) is 89.8 Å². The van der Waals surface area contributed by atoms with Crippen molar-refractivity contribution in [1.29, 1.82) is 0 Å². The number of rotatable bonds is 8. The van der Waals surface area contributed by atoms with Crippen LogP contribution >= 0.6 is 0 Å². The SMILES string of the molecule is C/C(=C\c1c(C)ccc2cc(C34C=CC=CC3C4)oc12)C(=O)CC1CCC(CCN2CCCCCC2)CC1.CC.CC. The summed E-state index contributed by atoms with van der Waals surface area (Å²) in [6.07, 6.45) is 24.8. The van der Waals surface area contributed by atoms with Crippen LogP contribution in [0.15, 0.2) is 52.5 Å². The molecule has 6 rings (SSSR count). The van der Waals surface area contributed by atoms with E-state index in [1.54, 1.807) is 0 Å². The van der Waals surface area contributed by atoms with Gasteiger partial charge in [-0.3, -0.25) is 4.79 Å². The molecule has 3 nitrogen and oxygen atoms in total. The van der Waals surface area contributed by atoms with Crippen LogP contribution < -0.4 is 0 Å². The molecule has 2 unspecified atom stereocenters. The maximum absolute atomic E-state index is 13.3. The number of ketones is 1. The molecule has 2 heterocycles. The fourth-order valence-electron chi connectivity index (χ4n) is 7.33. The molecule has 230 valence electrons. The highest BCUT2D eigenvalue weighted by molar-refractivity contribution is 6.01. The van der Waals surface area contributed by atoms with E-state index < -0.39 is 0 Å². The molecular weight excluding hydrogens is 514 g/mol. The second-order valence-corrected chi connectivity index (χ2v) is 12.8. The van der Waals surface area contributed by atoms with Crippen LogP contribution in [0.25, 0.3) is 17.0 Å². The van der Waals surface area contributed by atoms with E-state index in [2.05, 4.69) is 60.4 Å². The van der Waals surface area contributed by atoms with E-state index in [-0.39, 0.29) is 5.41 Å². The van der Waals surface area contributed by atoms with Gasteiger partial charge in [-0.05, 0) is 113 Å². The van der Waals surface area contributed by atoms with Gasteiger partial charge in [-0.15, -0.1) is 0 Å². The third-order valence-electron chi connectivity index (χ3n) is 10.1. The molecule has 1 aromatic carbocycles. The minimum absolute atomic E-state index is 0.0411. The average molecular weight is 572 g/mol. The van der Waals surface area contributed by atoms with Crippen molar-refractivity contribution >= 4 is 22.8 Å². The fourth-order valence-corrected chi connectivity index (χ4v) is 7.33. The maximum atomic E-state index is 13.3. The molecule has 3 aliphatic carbocycles. The Hall–Kier alpha value is -2.39. The lowest BCUT2D eigenvalue weighted by molar-refractivity contribution is -0.116. The summed E-state index contributed by atoms with van der Waals surface area (Å²) in [7, 11) is 0. The maximum Gasteiger partial charge on any atom is 0.158 e. The van der Waals surface area contributed by atoms with Gasteiger partial charge in [0.15, 0.2) is 5.78 Å². The predicted octanol–water partition coefficient (Wildman–Crippen LogP) is 10.6. The smallest absolute Gasteiger partial charge is 0.158 e. The van der Waals surface area contributed by atoms with Crippen LogP contribution in [0.5, 0.6) is 0 Å². The summed E-state index contributed by atoms with van der Waals surface area (Å²) in [6, 6.07) is 6.54. The first-order chi connectivity index (χ1) is 20.5. The van der Waals surface area contributed by atoms with Crippen LogP contribution in [-0.2, 0) is 10.2 Å². The predicted molar refractivity (Wildman–Crippen MR) is 180 cm³/mol. The molecule has 1 aromatic heterocycles. The Morgan fingerprint density at radius 3 is 2.36 bits per heavy atom. The second-order valence-electron chi connectivity index (χ2n) is 12.8. The molecule has 0 spiro atoms. The van der Waals surface area contributed by atoms with E-state index in [0.717, 1.165) is 40.2 Å². The zero-order chi connectivity index (χ0) is 30.1. The molecule has 42 heavy (non-hydrogen) atoms. The lowest BCUT2D eigenvalue weighted by atomic mass is 9.78. The topological polar surface area (TPSA) is 33.5 Å². The number of likely N-dealkylation sites (tertiary alicyclic amines) is 1.